The minimum atomic E-state index is -1.15. The predicted molar refractivity (Wildman–Crippen MR) is 200 cm³/mol. The molecular weight excluding hydrogens is 617 g/mol. The first-order valence-corrected chi connectivity index (χ1v) is 20.7. The zero-order chi connectivity index (χ0) is 34.4. The van der Waals surface area contributed by atoms with E-state index in [2.05, 4.69) is 19.2 Å². The molecular formula is C39H75Cl2NO4. The molecule has 0 radical (unpaired) electrons. The molecule has 0 saturated carbocycles. The van der Waals surface area contributed by atoms with E-state index in [1.165, 1.54) is 141 Å². The maximum atomic E-state index is 12.8. The fraction of sp³-hybridized carbons (Fsp3) is 0.923. The lowest BCUT2D eigenvalue weighted by Gasteiger charge is -2.16. The molecule has 0 bridgehead atoms. The summed E-state index contributed by atoms with van der Waals surface area (Å²) in [7, 11) is 0. The van der Waals surface area contributed by atoms with Crippen LogP contribution in [0.2, 0.25) is 0 Å². The second-order valence-electron chi connectivity index (χ2n) is 13.0. The van der Waals surface area contributed by atoms with E-state index in [-0.39, 0.29) is 23.6 Å². The number of carbonyl (C=O) groups is 3. The molecule has 0 fully saturated rings. The van der Waals surface area contributed by atoms with Gasteiger partial charge in [0.2, 0.25) is 5.91 Å². The Morgan fingerprint density at radius 2 is 0.761 bits per heavy atom. The van der Waals surface area contributed by atoms with E-state index >= 15 is 0 Å². The van der Waals surface area contributed by atoms with E-state index in [0.29, 0.717) is 12.8 Å². The third kappa shape index (κ3) is 36.0. The van der Waals surface area contributed by atoms with E-state index in [4.69, 9.17) is 27.9 Å². The molecule has 0 aromatic rings. The van der Waals surface area contributed by atoms with Gasteiger partial charge in [-0.3, -0.25) is 9.59 Å². The number of unbranched alkanes of at least 4 members (excludes halogenated alkanes) is 26. The van der Waals surface area contributed by atoms with E-state index in [9.17, 15) is 14.4 Å². The third-order valence-electron chi connectivity index (χ3n) is 8.68. The number of esters is 1. The standard InChI is InChI=1S/C38H73NO4.CH2Cl2/c1-4-7-9-11-13-15-17-19-20-22-24-26-28-30-32-34-36(41)39-37(38(42)43-6-3)35(40)33-31-29-27-25-23-21-18-16-14-12-10-8-5-2;2-1-3/h37H,4-34H2,1-3H3,(H,39,41);1H2. The Morgan fingerprint density at radius 1 is 0.478 bits per heavy atom. The highest BCUT2D eigenvalue weighted by molar-refractivity contribution is 6.40. The Hall–Kier alpha value is -0.810. The largest absolute Gasteiger partial charge is 0.464 e. The maximum absolute atomic E-state index is 12.8. The fourth-order valence-corrected chi connectivity index (χ4v) is 5.85. The normalized spacial score (nSPS) is 11.5. The zero-order valence-electron chi connectivity index (χ0n) is 30.6. The lowest BCUT2D eigenvalue weighted by Crippen LogP contribution is -2.47. The van der Waals surface area contributed by atoms with Crippen molar-refractivity contribution in [2.75, 3.05) is 11.9 Å². The topological polar surface area (TPSA) is 72.5 Å². The third-order valence-corrected chi connectivity index (χ3v) is 8.68. The van der Waals surface area contributed by atoms with Crippen molar-refractivity contribution in [3.63, 3.8) is 0 Å². The van der Waals surface area contributed by atoms with Gasteiger partial charge in [0.1, 0.15) is 0 Å². The Bertz CT molecular complexity index is 662. The molecule has 0 aromatic carbocycles. The van der Waals surface area contributed by atoms with Gasteiger partial charge in [-0.05, 0) is 19.8 Å². The summed E-state index contributed by atoms with van der Waals surface area (Å²) in [5.41, 5.74) is 0. The average Bonchev–Trinajstić information content (AvgIpc) is 3.04. The number of hydrogen-bond acceptors (Lipinski definition) is 4. The van der Waals surface area contributed by atoms with E-state index < -0.39 is 12.0 Å². The van der Waals surface area contributed by atoms with E-state index in [0.717, 1.165) is 38.5 Å². The predicted octanol–water partition coefficient (Wildman–Crippen LogP) is 12.8. The van der Waals surface area contributed by atoms with Crippen molar-refractivity contribution in [1.82, 2.24) is 5.32 Å². The number of hydrogen-bond donors (Lipinski definition) is 1. The maximum Gasteiger partial charge on any atom is 0.336 e. The molecule has 7 heteroatoms. The number of rotatable bonds is 34. The zero-order valence-corrected chi connectivity index (χ0v) is 32.1. The minimum absolute atomic E-state index is 0.194. The monoisotopic (exact) mass is 692 g/mol. The lowest BCUT2D eigenvalue weighted by molar-refractivity contribution is -0.150. The summed E-state index contributed by atoms with van der Waals surface area (Å²) in [6, 6.07) is -1.15. The van der Waals surface area contributed by atoms with Gasteiger partial charge in [0.15, 0.2) is 11.8 Å². The van der Waals surface area contributed by atoms with Gasteiger partial charge in [-0.15, -0.1) is 23.2 Å². The number of alkyl halides is 2. The number of carbonyl (C=O) groups excluding carboxylic acids is 3. The summed E-state index contributed by atoms with van der Waals surface area (Å²) in [6.07, 6.45) is 36.1. The molecule has 0 heterocycles. The van der Waals surface area contributed by atoms with Crippen LogP contribution in [-0.2, 0) is 19.1 Å². The van der Waals surface area contributed by atoms with Crippen molar-refractivity contribution in [3.8, 4) is 0 Å². The molecule has 1 atom stereocenters. The van der Waals surface area contributed by atoms with Crippen LogP contribution in [-0.4, -0.2) is 35.6 Å². The number of nitrogens with one attached hydrogen (secondary N) is 1. The Kier molecular flexibility index (Phi) is 41.5. The SMILES string of the molecule is CCCCCCCCCCCCCCCCCC(=O)NC(C(=O)CCCCCCCCCCCCCCC)C(=O)OCC.ClCCl. The molecule has 0 aliphatic rings. The number of amides is 1. The highest BCUT2D eigenvalue weighted by Gasteiger charge is 2.28. The summed E-state index contributed by atoms with van der Waals surface area (Å²) in [5, 5.41) is 2.88. The van der Waals surface area contributed by atoms with Crippen molar-refractivity contribution in [3.05, 3.63) is 0 Å². The van der Waals surface area contributed by atoms with E-state index in [1.54, 1.807) is 6.92 Å². The van der Waals surface area contributed by atoms with Gasteiger partial charge >= 0.3 is 5.97 Å². The second kappa shape index (κ2) is 40.4. The minimum Gasteiger partial charge on any atom is -0.464 e. The summed E-state index contributed by atoms with van der Waals surface area (Å²) in [5.74, 6) is -1.05. The molecule has 46 heavy (non-hydrogen) atoms. The highest BCUT2D eigenvalue weighted by atomic mass is 35.5. The smallest absolute Gasteiger partial charge is 0.336 e. The summed E-state index contributed by atoms with van der Waals surface area (Å²) >= 11 is 9.53. The van der Waals surface area contributed by atoms with E-state index in [1.807, 2.05) is 0 Å². The number of ketones is 1. The molecule has 5 nitrogen and oxygen atoms in total. The first kappa shape index (κ1) is 47.3. The summed E-state index contributed by atoms with van der Waals surface area (Å²) in [6.45, 7) is 6.46. The molecule has 1 amide bonds. The van der Waals surface area contributed by atoms with Gasteiger partial charge in [-0.2, -0.15) is 0 Å². The van der Waals surface area contributed by atoms with Crippen molar-refractivity contribution in [2.45, 2.75) is 219 Å². The molecule has 1 unspecified atom stereocenters. The molecule has 0 aliphatic carbocycles. The highest BCUT2D eigenvalue weighted by Crippen LogP contribution is 2.15. The van der Waals surface area contributed by atoms with Crippen LogP contribution in [0.25, 0.3) is 0 Å². The molecule has 0 aromatic heterocycles. The van der Waals surface area contributed by atoms with Crippen LogP contribution in [0.4, 0.5) is 0 Å². The van der Waals surface area contributed by atoms with Crippen LogP contribution in [0.15, 0.2) is 0 Å². The van der Waals surface area contributed by atoms with Crippen molar-refractivity contribution < 1.29 is 19.1 Å². The van der Waals surface area contributed by atoms with Crippen molar-refractivity contribution in [1.29, 1.82) is 0 Å². The molecule has 1 N–H and O–H groups in total. The van der Waals surface area contributed by atoms with Crippen LogP contribution in [0.5, 0.6) is 0 Å². The fourth-order valence-electron chi connectivity index (χ4n) is 5.85. The average molecular weight is 693 g/mol. The number of Topliss-reactive ketones (excluding diaryl/α,β-unsaturated/α-hetero) is 1. The lowest BCUT2D eigenvalue weighted by atomic mass is 10.0. The first-order valence-electron chi connectivity index (χ1n) is 19.6. The summed E-state index contributed by atoms with van der Waals surface area (Å²) < 4.78 is 5.10. The van der Waals surface area contributed by atoms with Crippen molar-refractivity contribution >= 4 is 40.9 Å². The van der Waals surface area contributed by atoms with Gasteiger partial charge in [0.05, 0.1) is 11.9 Å². The van der Waals surface area contributed by atoms with Gasteiger partial charge in [-0.1, -0.05) is 181 Å². The van der Waals surface area contributed by atoms with Crippen LogP contribution in [0.1, 0.15) is 213 Å². The van der Waals surface area contributed by atoms with Gasteiger partial charge in [-0.25, -0.2) is 4.79 Å². The Balaban J connectivity index is 0. The van der Waals surface area contributed by atoms with Crippen LogP contribution in [0, 0.1) is 0 Å². The van der Waals surface area contributed by atoms with Crippen LogP contribution < -0.4 is 5.32 Å². The van der Waals surface area contributed by atoms with Gasteiger partial charge < -0.3 is 10.1 Å². The molecule has 0 spiro atoms. The van der Waals surface area contributed by atoms with Crippen LogP contribution in [0.3, 0.4) is 0 Å². The number of halogens is 2. The first-order chi connectivity index (χ1) is 22.5. The van der Waals surface area contributed by atoms with Gasteiger partial charge in [0.25, 0.3) is 0 Å². The Labute approximate surface area is 295 Å². The summed E-state index contributed by atoms with van der Waals surface area (Å²) in [4.78, 5) is 37.7. The van der Waals surface area contributed by atoms with Gasteiger partial charge in [0, 0.05) is 12.8 Å². The second-order valence-corrected chi connectivity index (χ2v) is 13.8. The molecule has 0 aliphatic heterocycles. The quantitative estimate of drug-likeness (QED) is 0.0315. The molecule has 0 saturated heterocycles. The van der Waals surface area contributed by atoms with Crippen LogP contribution >= 0.6 is 23.2 Å². The Morgan fingerprint density at radius 3 is 1.07 bits per heavy atom. The molecule has 0 rings (SSSR count). The number of ether oxygens (including phenoxy) is 1. The molecule has 274 valence electrons. The van der Waals surface area contributed by atoms with Crippen molar-refractivity contribution in [2.24, 2.45) is 0 Å².